The number of anilines is 1. The van der Waals surface area contributed by atoms with Crippen LogP contribution >= 0.6 is 39.1 Å². The molecule has 2 aromatic carbocycles. The van der Waals surface area contributed by atoms with Crippen LogP contribution in [-0.4, -0.2) is 13.1 Å². The summed E-state index contributed by atoms with van der Waals surface area (Å²) in [5, 5.41) is 4.23. The van der Waals surface area contributed by atoms with Crippen molar-refractivity contribution in [1.82, 2.24) is 0 Å². The first-order valence-corrected chi connectivity index (χ1v) is 7.62. The summed E-state index contributed by atoms with van der Waals surface area (Å²) in [6.45, 7) is 0.528. The van der Waals surface area contributed by atoms with Gasteiger partial charge in [-0.2, -0.15) is 0 Å². The van der Waals surface area contributed by atoms with Gasteiger partial charge in [0.05, 0.1) is 17.7 Å². The van der Waals surface area contributed by atoms with Crippen LogP contribution in [0.1, 0.15) is 15.9 Å². The van der Waals surface area contributed by atoms with Gasteiger partial charge >= 0.3 is 5.97 Å². The van der Waals surface area contributed by atoms with Gasteiger partial charge in [0.2, 0.25) is 0 Å². The van der Waals surface area contributed by atoms with E-state index in [1.54, 1.807) is 18.2 Å². The lowest BCUT2D eigenvalue weighted by atomic mass is 10.2. The number of nitrogens with one attached hydrogen (secondary N) is 1. The first-order chi connectivity index (χ1) is 10.0. The number of carbonyl (C=O) groups excluding carboxylic acids is 1. The van der Waals surface area contributed by atoms with Gasteiger partial charge in [0.15, 0.2) is 0 Å². The second-order valence-corrected chi connectivity index (χ2v) is 6.01. The Hall–Kier alpha value is -1.23. The van der Waals surface area contributed by atoms with Gasteiger partial charge in [0, 0.05) is 21.7 Å². The van der Waals surface area contributed by atoms with Gasteiger partial charge in [-0.15, -0.1) is 0 Å². The van der Waals surface area contributed by atoms with E-state index < -0.39 is 5.97 Å². The lowest BCUT2D eigenvalue weighted by Gasteiger charge is -2.10. The topological polar surface area (TPSA) is 38.3 Å². The number of hydrogen-bond acceptors (Lipinski definition) is 3. The quantitative estimate of drug-likeness (QED) is 0.735. The number of carbonyl (C=O) groups is 1. The fourth-order valence-corrected chi connectivity index (χ4v) is 2.57. The van der Waals surface area contributed by atoms with Gasteiger partial charge in [0.25, 0.3) is 0 Å². The Bertz CT molecular complexity index is 677. The minimum Gasteiger partial charge on any atom is -0.465 e. The van der Waals surface area contributed by atoms with Gasteiger partial charge in [0.1, 0.15) is 0 Å². The minimum absolute atomic E-state index is 0.324. The highest BCUT2D eigenvalue weighted by Gasteiger charge is 2.11. The molecule has 0 unspecified atom stereocenters. The van der Waals surface area contributed by atoms with Crippen LogP contribution in [0.25, 0.3) is 0 Å². The molecular weight excluding hydrogens is 377 g/mol. The van der Waals surface area contributed by atoms with Crippen molar-refractivity contribution in [3.05, 3.63) is 62.0 Å². The van der Waals surface area contributed by atoms with E-state index in [0.717, 1.165) is 15.7 Å². The van der Waals surface area contributed by atoms with E-state index in [0.29, 0.717) is 22.2 Å². The lowest BCUT2D eigenvalue weighted by Crippen LogP contribution is -2.05. The van der Waals surface area contributed by atoms with Crippen LogP contribution in [0.2, 0.25) is 10.0 Å². The Kier molecular flexibility index (Phi) is 5.51. The average molecular weight is 389 g/mol. The third-order valence-electron chi connectivity index (χ3n) is 2.86. The smallest absolute Gasteiger partial charge is 0.339 e. The Morgan fingerprint density at radius 3 is 2.62 bits per heavy atom. The fourth-order valence-electron chi connectivity index (χ4n) is 1.78. The molecule has 0 radical (unpaired) electrons. The molecule has 21 heavy (non-hydrogen) atoms. The highest BCUT2D eigenvalue weighted by atomic mass is 79.9. The summed E-state index contributed by atoms with van der Waals surface area (Å²) in [4.78, 5) is 11.6. The van der Waals surface area contributed by atoms with Crippen molar-refractivity contribution in [2.24, 2.45) is 0 Å². The molecule has 0 saturated carbocycles. The summed E-state index contributed by atoms with van der Waals surface area (Å²) in [7, 11) is 1.32. The van der Waals surface area contributed by atoms with E-state index in [1.165, 1.54) is 7.11 Å². The van der Waals surface area contributed by atoms with Crippen LogP contribution in [0.5, 0.6) is 0 Å². The van der Waals surface area contributed by atoms with Gasteiger partial charge in [-0.1, -0.05) is 39.1 Å². The molecule has 110 valence electrons. The molecule has 0 aromatic heterocycles. The second-order valence-electron chi connectivity index (χ2n) is 4.28. The maximum Gasteiger partial charge on any atom is 0.339 e. The Morgan fingerprint density at radius 1 is 1.19 bits per heavy atom. The zero-order valence-corrected chi connectivity index (χ0v) is 14.2. The molecule has 0 fully saturated rings. The number of benzene rings is 2. The summed E-state index contributed by atoms with van der Waals surface area (Å²) in [5.74, 6) is -0.468. The number of hydrogen-bond donors (Lipinski definition) is 1. The zero-order valence-electron chi connectivity index (χ0n) is 11.1. The molecule has 1 N–H and O–H groups in total. The van der Waals surface area contributed by atoms with E-state index in [-0.39, 0.29) is 0 Å². The maximum atomic E-state index is 11.6. The van der Waals surface area contributed by atoms with E-state index in [2.05, 4.69) is 21.2 Å². The molecule has 0 bridgehead atoms. The van der Waals surface area contributed by atoms with Crippen LogP contribution in [0.3, 0.4) is 0 Å². The number of halogens is 3. The standard InChI is InChI=1S/C15H12BrCl2NO2/c1-21-15(20)12-7-11(3-5-14(12)18)19-8-9-6-10(16)2-4-13(9)17/h2-7,19H,8H2,1H3. The molecule has 0 aliphatic rings. The van der Waals surface area contributed by atoms with Crippen LogP contribution in [-0.2, 0) is 11.3 Å². The summed E-state index contributed by atoms with van der Waals surface area (Å²) >= 11 is 15.5. The van der Waals surface area contributed by atoms with Crippen LogP contribution in [0.15, 0.2) is 40.9 Å². The van der Waals surface area contributed by atoms with Crippen molar-refractivity contribution in [1.29, 1.82) is 0 Å². The molecule has 3 nitrogen and oxygen atoms in total. The van der Waals surface area contributed by atoms with E-state index in [1.807, 2.05) is 18.2 Å². The monoisotopic (exact) mass is 387 g/mol. The van der Waals surface area contributed by atoms with Crippen LogP contribution < -0.4 is 5.32 Å². The van der Waals surface area contributed by atoms with Crippen molar-refractivity contribution < 1.29 is 9.53 Å². The number of methoxy groups -OCH3 is 1. The van der Waals surface area contributed by atoms with Gasteiger partial charge < -0.3 is 10.1 Å². The highest BCUT2D eigenvalue weighted by molar-refractivity contribution is 9.10. The normalized spacial score (nSPS) is 10.3. The van der Waals surface area contributed by atoms with Crippen molar-refractivity contribution >= 4 is 50.8 Å². The highest BCUT2D eigenvalue weighted by Crippen LogP contribution is 2.24. The molecule has 0 aliphatic heterocycles. The van der Waals surface area contributed by atoms with Gasteiger partial charge in [-0.05, 0) is 42.0 Å². The Balaban J connectivity index is 2.17. The van der Waals surface area contributed by atoms with E-state index >= 15 is 0 Å². The first kappa shape index (κ1) is 16.1. The third kappa shape index (κ3) is 4.13. The lowest BCUT2D eigenvalue weighted by molar-refractivity contribution is 0.0601. The maximum absolute atomic E-state index is 11.6. The van der Waals surface area contributed by atoms with Gasteiger partial charge in [-0.25, -0.2) is 4.79 Å². The Labute approximate surface area is 141 Å². The third-order valence-corrected chi connectivity index (χ3v) is 4.05. The SMILES string of the molecule is COC(=O)c1cc(NCc2cc(Br)ccc2Cl)ccc1Cl. The molecule has 2 rings (SSSR count). The molecule has 0 saturated heterocycles. The fraction of sp³-hybridized carbons (Fsp3) is 0.133. The van der Waals surface area contributed by atoms with E-state index in [4.69, 9.17) is 27.9 Å². The van der Waals surface area contributed by atoms with E-state index in [9.17, 15) is 4.79 Å². The van der Waals surface area contributed by atoms with Crippen molar-refractivity contribution in [2.75, 3.05) is 12.4 Å². The minimum atomic E-state index is -0.468. The molecule has 0 aliphatic carbocycles. The molecule has 0 atom stereocenters. The summed E-state index contributed by atoms with van der Waals surface area (Å²) in [6, 6.07) is 10.7. The number of esters is 1. The number of rotatable bonds is 4. The average Bonchev–Trinajstić information content (AvgIpc) is 2.48. The predicted octanol–water partition coefficient (Wildman–Crippen LogP) is 5.15. The van der Waals surface area contributed by atoms with Crippen LogP contribution in [0.4, 0.5) is 5.69 Å². The molecule has 6 heteroatoms. The predicted molar refractivity (Wildman–Crippen MR) is 89.3 cm³/mol. The molecule has 0 amide bonds. The molecular formula is C15H12BrCl2NO2. The first-order valence-electron chi connectivity index (χ1n) is 6.07. The van der Waals surface area contributed by atoms with Crippen LogP contribution in [0, 0.1) is 0 Å². The molecule has 0 spiro atoms. The summed E-state index contributed by atoms with van der Waals surface area (Å²) in [5.41, 5.74) is 2.03. The largest absolute Gasteiger partial charge is 0.465 e. The van der Waals surface area contributed by atoms with Crippen molar-refractivity contribution in [2.45, 2.75) is 6.54 Å². The summed E-state index contributed by atoms with van der Waals surface area (Å²) < 4.78 is 5.65. The summed E-state index contributed by atoms with van der Waals surface area (Å²) in [6.07, 6.45) is 0. The number of ether oxygens (including phenoxy) is 1. The molecule has 2 aromatic rings. The van der Waals surface area contributed by atoms with Gasteiger partial charge in [-0.3, -0.25) is 0 Å². The van der Waals surface area contributed by atoms with Crippen molar-refractivity contribution in [3.63, 3.8) is 0 Å². The second kappa shape index (κ2) is 7.16. The zero-order chi connectivity index (χ0) is 15.4. The molecule has 0 heterocycles. The Morgan fingerprint density at radius 2 is 1.90 bits per heavy atom. The van der Waals surface area contributed by atoms with Crippen molar-refractivity contribution in [3.8, 4) is 0 Å².